The van der Waals surface area contributed by atoms with Gasteiger partial charge in [0.2, 0.25) is 0 Å². The maximum absolute atomic E-state index is 10.5. The van der Waals surface area contributed by atoms with Crippen LogP contribution >= 0.6 is 11.8 Å². The summed E-state index contributed by atoms with van der Waals surface area (Å²) in [6, 6.07) is 6.41. The number of benzene rings is 1. The fourth-order valence-corrected chi connectivity index (χ4v) is 2.01. The molecular weight excluding hydrogens is 238 g/mol. The van der Waals surface area contributed by atoms with Gasteiger partial charge in [-0.3, -0.25) is 10.1 Å². The van der Waals surface area contributed by atoms with Crippen molar-refractivity contribution in [2.24, 2.45) is 0 Å². The lowest BCUT2D eigenvalue weighted by Crippen LogP contribution is -1.87. The zero-order valence-electron chi connectivity index (χ0n) is 9.21. The lowest BCUT2D eigenvalue weighted by atomic mass is 10.1. The van der Waals surface area contributed by atoms with Gasteiger partial charge >= 0.3 is 0 Å². The number of hydrogen-bond acceptors (Lipinski definition) is 4. The molecule has 5 nitrogen and oxygen atoms in total. The van der Waals surface area contributed by atoms with Crippen molar-refractivity contribution in [3.63, 3.8) is 0 Å². The summed E-state index contributed by atoms with van der Waals surface area (Å²) in [5.74, 6) is 0.952. The van der Waals surface area contributed by atoms with E-state index in [1.165, 1.54) is 12.1 Å². The molecule has 0 saturated heterocycles. The molecule has 17 heavy (non-hydrogen) atoms. The molecule has 2 aromatic rings. The SMILES string of the molecule is CCSc1ncc(-c2ccc([N+](=O)[O-])cc2)[nH]1. The van der Waals surface area contributed by atoms with Gasteiger partial charge in [-0.15, -0.1) is 0 Å². The number of aromatic amines is 1. The average Bonchev–Trinajstić information content (AvgIpc) is 2.78. The third-order valence-corrected chi connectivity index (χ3v) is 2.99. The van der Waals surface area contributed by atoms with E-state index >= 15 is 0 Å². The highest BCUT2D eigenvalue weighted by Gasteiger charge is 2.07. The predicted molar refractivity (Wildman–Crippen MR) is 67.1 cm³/mol. The van der Waals surface area contributed by atoms with E-state index in [2.05, 4.69) is 16.9 Å². The number of hydrogen-bond donors (Lipinski definition) is 1. The Kier molecular flexibility index (Phi) is 3.43. The minimum Gasteiger partial charge on any atom is -0.333 e. The molecule has 6 heteroatoms. The third-order valence-electron chi connectivity index (χ3n) is 2.22. The molecule has 1 aromatic carbocycles. The van der Waals surface area contributed by atoms with Crippen LogP contribution in [0.3, 0.4) is 0 Å². The number of rotatable bonds is 4. The van der Waals surface area contributed by atoms with E-state index in [-0.39, 0.29) is 5.69 Å². The van der Waals surface area contributed by atoms with Crippen LogP contribution in [0.4, 0.5) is 5.69 Å². The van der Waals surface area contributed by atoms with Crippen molar-refractivity contribution in [1.29, 1.82) is 0 Å². The molecule has 0 radical (unpaired) electrons. The predicted octanol–water partition coefficient (Wildman–Crippen LogP) is 3.10. The monoisotopic (exact) mass is 249 g/mol. The summed E-state index contributed by atoms with van der Waals surface area (Å²) in [5.41, 5.74) is 1.86. The summed E-state index contributed by atoms with van der Waals surface area (Å²) in [7, 11) is 0. The van der Waals surface area contributed by atoms with Gasteiger partial charge in [-0.25, -0.2) is 4.98 Å². The summed E-state index contributed by atoms with van der Waals surface area (Å²) in [4.78, 5) is 17.5. The van der Waals surface area contributed by atoms with Crippen molar-refractivity contribution >= 4 is 17.4 Å². The maximum atomic E-state index is 10.5. The summed E-state index contributed by atoms with van der Waals surface area (Å²) in [5, 5.41) is 11.4. The van der Waals surface area contributed by atoms with Crippen molar-refractivity contribution in [3.05, 3.63) is 40.6 Å². The number of imidazole rings is 1. The molecule has 2 rings (SSSR count). The number of thioether (sulfide) groups is 1. The molecule has 1 aromatic heterocycles. The molecule has 0 unspecified atom stereocenters. The molecule has 0 fully saturated rings. The van der Waals surface area contributed by atoms with E-state index in [0.29, 0.717) is 0 Å². The fourth-order valence-electron chi connectivity index (χ4n) is 1.42. The Hall–Kier alpha value is -1.82. The number of nitrogens with one attached hydrogen (secondary N) is 1. The Bertz CT molecular complexity index is 522. The molecular formula is C11H11N3O2S. The second-order valence-corrected chi connectivity index (χ2v) is 4.59. The van der Waals surface area contributed by atoms with E-state index in [1.807, 2.05) is 0 Å². The molecule has 0 aliphatic heterocycles. The maximum Gasteiger partial charge on any atom is 0.269 e. The van der Waals surface area contributed by atoms with Gasteiger partial charge in [0.15, 0.2) is 5.16 Å². The number of nitro benzene ring substituents is 1. The second kappa shape index (κ2) is 5.01. The molecule has 0 aliphatic rings. The normalized spacial score (nSPS) is 10.4. The molecule has 1 heterocycles. The van der Waals surface area contributed by atoms with Crippen LogP contribution in [0.15, 0.2) is 35.6 Å². The molecule has 88 valence electrons. The lowest BCUT2D eigenvalue weighted by Gasteiger charge is -1.97. The van der Waals surface area contributed by atoms with Gasteiger partial charge < -0.3 is 4.98 Å². The van der Waals surface area contributed by atoms with Crippen molar-refractivity contribution in [2.75, 3.05) is 5.75 Å². The number of H-pyrrole nitrogens is 1. The minimum atomic E-state index is -0.408. The summed E-state index contributed by atoms with van der Waals surface area (Å²) in [6.07, 6.45) is 1.74. The molecule has 0 aliphatic carbocycles. The van der Waals surface area contributed by atoms with Crippen LogP contribution in [-0.4, -0.2) is 20.6 Å². The average molecular weight is 249 g/mol. The molecule has 0 atom stereocenters. The highest BCUT2D eigenvalue weighted by atomic mass is 32.2. The van der Waals surface area contributed by atoms with Crippen LogP contribution in [0.1, 0.15) is 6.92 Å². The van der Waals surface area contributed by atoms with Gasteiger partial charge in [0.05, 0.1) is 16.8 Å². The van der Waals surface area contributed by atoms with Crippen molar-refractivity contribution in [1.82, 2.24) is 9.97 Å². The number of aromatic nitrogens is 2. The van der Waals surface area contributed by atoms with Gasteiger partial charge in [0.1, 0.15) is 0 Å². The van der Waals surface area contributed by atoms with E-state index in [4.69, 9.17) is 0 Å². The number of non-ortho nitro benzene ring substituents is 1. The third kappa shape index (κ3) is 2.65. The van der Waals surface area contributed by atoms with E-state index in [0.717, 1.165) is 22.2 Å². The molecule has 1 N–H and O–H groups in total. The Labute approximate surface area is 102 Å². The largest absolute Gasteiger partial charge is 0.333 e. The van der Waals surface area contributed by atoms with Crippen molar-refractivity contribution < 1.29 is 4.92 Å². The van der Waals surface area contributed by atoms with E-state index in [1.54, 1.807) is 30.1 Å². The van der Waals surface area contributed by atoms with Gasteiger partial charge in [-0.2, -0.15) is 0 Å². The zero-order chi connectivity index (χ0) is 12.3. The topological polar surface area (TPSA) is 71.8 Å². The quantitative estimate of drug-likeness (QED) is 0.513. The summed E-state index contributed by atoms with van der Waals surface area (Å²) >= 11 is 1.62. The standard InChI is InChI=1S/C11H11N3O2S/c1-2-17-11-12-7-10(13-11)8-3-5-9(6-4-8)14(15)16/h3-7H,2H2,1H3,(H,12,13). The highest BCUT2D eigenvalue weighted by Crippen LogP contribution is 2.23. The highest BCUT2D eigenvalue weighted by molar-refractivity contribution is 7.99. The van der Waals surface area contributed by atoms with Gasteiger partial charge in [-0.1, -0.05) is 18.7 Å². The van der Waals surface area contributed by atoms with Crippen LogP contribution in [0.5, 0.6) is 0 Å². The minimum absolute atomic E-state index is 0.0939. The van der Waals surface area contributed by atoms with Gasteiger partial charge in [-0.05, 0) is 17.9 Å². The van der Waals surface area contributed by atoms with Crippen LogP contribution in [0.25, 0.3) is 11.3 Å². The van der Waals surface area contributed by atoms with E-state index < -0.39 is 4.92 Å². The first-order valence-corrected chi connectivity index (χ1v) is 6.12. The Balaban J connectivity index is 2.23. The van der Waals surface area contributed by atoms with E-state index in [9.17, 15) is 10.1 Å². The van der Waals surface area contributed by atoms with Crippen LogP contribution in [-0.2, 0) is 0 Å². The molecule has 0 bridgehead atoms. The first-order chi connectivity index (χ1) is 8.20. The Morgan fingerprint density at radius 2 is 2.12 bits per heavy atom. The summed E-state index contributed by atoms with van der Waals surface area (Å²) in [6.45, 7) is 2.05. The number of nitro groups is 1. The van der Waals surface area contributed by atoms with Gasteiger partial charge in [0.25, 0.3) is 5.69 Å². The van der Waals surface area contributed by atoms with Gasteiger partial charge in [0, 0.05) is 17.7 Å². The smallest absolute Gasteiger partial charge is 0.269 e. The lowest BCUT2D eigenvalue weighted by molar-refractivity contribution is -0.384. The fraction of sp³-hybridized carbons (Fsp3) is 0.182. The Morgan fingerprint density at radius 3 is 2.71 bits per heavy atom. The van der Waals surface area contributed by atoms with Crippen LogP contribution in [0, 0.1) is 10.1 Å². The first kappa shape index (κ1) is 11.7. The van der Waals surface area contributed by atoms with Crippen molar-refractivity contribution in [3.8, 4) is 11.3 Å². The summed E-state index contributed by atoms with van der Waals surface area (Å²) < 4.78 is 0. The Morgan fingerprint density at radius 1 is 1.41 bits per heavy atom. The van der Waals surface area contributed by atoms with Crippen LogP contribution < -0.4 is 0 Å². The second-order valence-electron chi connectivity index (χ2n) is 3.34. The number of nitrogens with zero attached hydrogens (tertiary/aromatic N) is 2. The van der Waals surface area contributed by atoms with Crippen molar-refractivity contribution in [2.45, 2.75) is 12.1 Å². The molecule has 0 spiro atoms. The molecule has 0 saturated carbocycles. The molecule has 0 amide bonds. The zero-order valence-corrected chi connectivity index (χ0v) is 10.0. The van der Waals surface area contributed by atoms with Crippen LogP contribution in [0.2, 0.25) is 0 Å². The first-order valence-electron chi connectivity index (χ1n) is 5.13.